The Morgan fingerprint density at radius 1 is 1.24 bits per heavy atom. The van der Waals surface area contributed by atoms with Crippen molar-refractivity contribution in [2.45, 2.75) is 26.4 Å². The summed E-state index contributed by atoms with van der Waals surface area (Å²) in [6.07, 6.45) is 5.05. The lowest BCUT2D eigenvalue weighted by molar-refractivity contribution is 0.654. The third-order valence-corrected chi connectivity index (χ3v) is 3.74. The third kappa shape index (κ3) is 3.03. The Bertz CT molecular complexity index is 749. The molecule has 0 saturated carbocycles. The fraction of sp³-hybridized carbons (Fsp3) is 0.235. The molecule has 3 rings (SSSR count). The van der Waals surface area contributed by atoms with Crippen molar-refractivity contribution in [2.75, 3.05) is 5.32 Å². The van der Waals surface area contributed by atoms with E-state index in [4.69, 9.17) is 11.6 Å². The second-order valence-corrected chi connectivity index (χ2v) is 5.51. The van der Waals surface area contributed by atoms with Crippen LogP contribution in [0.15, 0.2) is 48.8 Å². The van der Waals surface area contributed by atoms with Gasteiger partial charge in [0.05, 0.1) is 17.7 Å². The second-order valence-electron chi connectivity index (χ2n) is 5.07. The van der Waals surface area contributed by atoms with Gasteiger partial charge in [-0.2, -0.15) is 0 Å². The fourth-order valence-corrected chi connectivity index (χ4v) is 2.77. The van der Waals surface area contributed by atoms with Crippen molar-refractivity contribution >= 4 is 28.2 Å². The minimum atomic E-state index is 0.724. The molecule has 0 atom stereocenters. The Labute approximate surface area is 129 Å². The summed E-state index contributed by atoms with van der Waals surface area (Å²) in [5, 5.41) is 5.24. The van der Waals surface area contributed by atoms with Gasteiger partial charge in [-0.1, -0.05) is 24.6 Å². The van der Waals surface area contributed by atoms with Crippen LogP contribution in [0.2, 0.25) is 5.02 Å². The number of aryl methyl sites for hydroxylation is 1. The van der Waals surface area contributed by atoms with Crippen molar-refractivity contribution in [1.29, 1.82) is 0 Å². The van der Waals surface area contributed by atoms with Crippen molar-refractivity contribution in [2.24, 2.45) is 0 Å². The lowest BCUT2D eigenvalue weighted by Gasteiger charge is -2.12. The molecule has 0 radical (unpaired) electrons. The minimum absolute atomic E-state index is 0.724. The summed E-state index contributed by atoms with van der Waals surface area (Å²) in [5.41, 5.74) is 3.19. The van der Waals surface area contributed by atoms with Gasteiger partial charge in [-0.25, -0.2) is 0 Å². The Morgan fingerprint density at radius 3 is 3.00 bits per heavy atom. The molecule has 0 aliphatic heterocycles. The van der Waals surface area contributed by atoms with Crippen molar-refractivity contribution in [3.63, 3.8) is 0 Å². The quantitative estimate of drug-likeness (QED) is 0.739. The molecule has 0 spiro atoms. The number of fused-ring (bicyclic) bond motifs is 1. The lowest BCUT2D eigenvalue weighted by atomic mass is 10.2. The summed E-state index contributed by atoms with van der Waals surface area (Å²) >= 11 is 6.19. The zero-order valence-electron chi connectivity index (χ0n) is 12.0. The Kier molecular flexibility index (Phi) is 4.11. The van der Waals surface area contributed by atoms with E-state index in [0.717, 1.165) is 41.1 Å². The number of rotatable bonds is 5. The smallest absolute Gasteiger partial charge is 0.0934 e. The van der Waals surface area contributed by atoms with Crippen LogP contribution >= 0.6 is 11.6 Å². The number of nitrogens with one attached hydrogen (secondary N) is 1. The first-order valence-corrected chi connectivity index (χ1v) is 7.58. The molecule has 0 unspecified atom stereocenters. The van der Waals surface area contributed by atoms with Gasteiger partial charge in [0.1, 0.15) is 0 Å². The minimum Gasteiger partial charge on any atom is -0.378 e. The number of pyridine rings is 1. The summed E-state index contributed by atoms with van der Waals surface area (Å²) in [4.78, 5) is 4.45. The van der Waals surface area contributed by atoms with Gasteiger partial charge in [0.2, 0.25) is 0 Å². The van der Waals surface area contributed by atoms with Crippen LogP contribution in [-0.4, -0.2) is 9.55 Å². The van der Waals surface area contributed by atoms with Gasteiger partial charge in [-0.05, 0) is 36.8 Å². The number of hydrogen-bond acceptors (Lipinski definition) is 2. The van der Waals surface area contributed by atoms with Crippen LogP contribution in [0.5, 0.6) is 0 Å². The van der Waals surface area contributed by atoms with E-state index in [-0.39, 0.29) is 0 Å². The first kappa shape index (κ1) is 14.0. The maximum Gasteiger partial charge on any atom is 0.0934 e. The summed E-state index contributed by atoms with van der Waals surface area (Å²) in [7, 11) is 0. The first-order valence-electron chi connectivity index (χ1n) is 7.20. The normalized spacial score (nSPS) is 11.0. The van der Waals surface area contributed by atoms with Crippen LogP contribution < -0.4 is 5.32 Å². The van der Waals surface area contributed by atoms with E-state index in [1.165, 1.54) is 5.69 Å². The molecule has 3 nitrogen and oxygen atoms in total. The summed E-state index contributed by atoms with van der Waals surface area (Å²) in [6.45, 7) is 3.99. The molecule has 0 fully saturated rings. The van der Waals surface area contributed by atoms with E-state index in [1.807, 2.05) is 24.3 Å². The number of aromatic nitrogens is 2. The highest BCUT2D eigenvalue weighted by molar-refractivity contribution is 6.31. The molecular weight excluding hydrogens is 282 g/mol. The highest BCUT2D eigenvalue weighted by Gasteiger charge is 2.06. The topological polar surface area (TPSA) is 29.9 Å². The summed E-state index contributed by atoms with van der Waals surface area (Å²) in [6, 6.07) is 12.1. The second kappa shape index (κ2) is 6.19. The molecule has 3 aromatic rings. The highest BCUT2D eigenvalue weighted by Crippen LogP contribution is 2.26. The van der Waals surface area contributed by atoms with Gasteiger partial charge >= 0.3 is 0 Å². The number of nitrogens with zero attached hydrogens (tertiary/aromatic N) is 2. The largest absolute Gasteiger partial charge is 0.378 e. The molecular formula is C17H18ClN3. The number of benzene rings is 1. The first-order chi connectivity index (χ1) is 10.3. The maximum absolute atomic E-state index is 6.19. The zero-order valence-corrected chi connectivity index (χ0v) is 12.8. The SMILES string of the molecule is CCCn1cccc1CNc1cc(Cl)cc2cccnc12. The lowest BCUT2D eigenvalue weighted by Crippen LogP contribution is -2.07. The molecule has 0 saturated heterocycles. The van der Waals surface area contributed by atoms with Crippen molar-refractivity contribution in [1.82, 2.24) is 9.55 Å². The average Bonchev–Trinajstić information content (AvgIpc) is 2.92. The van der Waals surface area contributed by atoms with Crippen LogP contribution in [0, 0.1) is 0 Å². The van der Waals surface area contributed by atoms with Crippen LogP contribution in [-0.2, 0) is 13.1 Å². The predicted molar refractivity (Wildman–Crippen MR) is 88.8 cm³/mol. The summed E-state index contributed by atoms with van der Waals surface area (Å²) < 4.78 is 2.27. The molecule has 108 valence electrons. The molecule has 21 heavy (non-hydrogen) atoms. The molecule has 0 aliphatic carbocycles. The van der Waals surface area contributed by atoms with Gasteiger partial charge in [0, 0.05) is 35.0 Å². The molecule has 4 heteroatoms. The standard InChI is InChI=1S/C17H18ClN3/c1-2-8-21-9-4-6-15(21)12-20-16-11-14(18)10-13-5-3-7-19-17(13)16/h3-7,9-11,20H,2,8,12H2,1H3. The van der Waals surface area contributed by atoms with E-state index in [2.05, 4.69) is 40.1 Å². The molecule has 0 amide bonds. The van der Waals surface area contributed by atoms with Gasteiger partial charge in [-0.15, -0.1) is 0 Å². The van der Waals surface area contributed by atoms with Crippen LogP contribution in [0.3, 0.4) is 0 Å². The van der Waals surface area contributed by atoms with E-state index >= 15 is 0 Å². The predicted octanol–water partition coefficient (Wildman–Crippen LogP) is 4.71. The zero-order chi connectivity index (χ0) is 14.7. The van der Waals surface area contributed by atoms with Crippen LogP contribution in [0.4, 0.5) is 5.69 Å². The van der Waals surface area contributed by atoms with Gasteiger partial charge in [0.15, 0.2) is 0 Å². The Morgan fingerprint density at radius 2 is 2.14 bits per heavy atom. The van der Waals surface area contributed by atoms with Gasteiger partial charge < -0.3 is 9.88 Å². The maximum atomic E-state index is 6.19. The van der Waals surface area contributed by atoms with Crippen LogP contribution in [0.25, 0.3) is 10.9 Å². The Hall–Kier alpha value is -2.00. The molecule has 0 bridgehead atoms. The van der Waals surface area contributed by atoms with E-state index in [9.17, 15) is 0 Å². The monoisotopic (exact) mass is 299 g/mol. The molecule has 2 heterocycles. The Balaban J connectivity index is 1.86. The molecule has 1 N–H and O–H groups in total. The highest BCUT2D eigenvalue weighted by atomic mass is 35.5. The van der Waals surface area contributed by atoms with E-state index in [0.29, 0.717) is 0 Å². The van der Waals surface area contributed by atoms with Crippen LogP contribution in [0.1, 0.15) is 19.0 Å². The van der Waals surface area contributed by atoms with E-state index < -0.39 is 0 Å². The van der Waals surface area contributed by atoms with Gasteiger partial charge in [-0.3, -0.25) is 4.98 Å². The number of halogens is 1. The third-order valence-electron chi connectivity index (χ3n) is 3.52. The summed E-state index contributed by atoms with van der Waals surface area (Å²) in [5.74, 6) is 0. The molecule has 1 aromatic carbocycles. The van der Waals surface area contributed by atoms with Crippen molar-refractivity contribution < 1.29 is 0 Å². The molecule has 2 aromatic heterocycles. The van der Waals surface area contributed by atoms with Gasteiger partial charge in [0.25, 0.3) is 0 Å². The average molecular weight is 300 g/mol. The molecule has 0 aliphatic rings. The van der Waals surface area contributed by atoms with E-state index in [1.54, 1.807) is 6.20 Å². The van der Waals surface area contributed by atoms with Crippen molar-refractivity contribution in [3.05, 3.63) is 59.5 Å². The van der Waals surface area contributed by atoms with Crippen molar-refractivity contribution in [3.8, 4) is 0 Å². The number of hydrogen-bond donors (Lipinski definition) is 1. The number of anilines is 1. The fourth-order valence-electron chi connectivity index (χ4n) is 2.55.